The van der Waals surface area contributed by atoms with Gasteiger partial charge in [0.05, 0.1) is 13.2 Å². The van der Waals surface area contributed by atoms with E-state index in [1.165, 1.54) is 12.8 Å². The van der Waals surface area contributed by atoms with Crippen LogP contribution in [0.15, 0.2) is 109 Å². The zero-order valence-corrected chi connectivity index (χ0v) is 37.4. The minimum Gasteiger partial charge on any atom is -0.480 e. The van der Waals surface area contributed by atoms with E-state index in [2.05, 4.69) is 110 Å². The summed E-state index contributed by atoms with van der Waals surface area (Å²) in [5.41, 5.74) is 0. The monoisotopic (exact) mass is 858 g/mol. The van der Waals surface area contributed by atoms with Crippen molar-refractivity contribution in [3.05, 3.63) is 109 Å². The molecule has 0 radical (unpaired) electrons. The number of nitrogens with one attached hydrogen (secondary N) is 1. The number of aliphatic hydroxyl groups excluding tert-OH is 1. The van der Waals surface area contributed by atoms with Crippen LogP contribution in [0, 0.1) is 0 Å². The second-order valence-corrected chi connectivity index (χ2v) is 15.6. The Labute approximate surface area is 361 Å². The van der Waals surface area contributed by atoms with Crippen LogP contribution in [0.2, 0.25) is 0 Å². The molecule has 0 aliphatic carbocycles. The number of carbonyl (C=O) groups excluding carboxylic acids is 2. The molecular weight excluding hydrogens is 781 g/mol. The van der Waals surface area contributed by atoms with Gasteiger partial charge in [0, 0.05) is 12.8 Å². The van der Waals surface area contributed by atoms with Gasteiger partial charge in [0.2, 0.25) is 5.91 Å². The normalized spacial score (nSPS) is 14.7. The van der Waals surface area contributed by atoms with Crippen molar-refractivity contribution in [2.75, 3.05) is 19.8 Å². The average Bonchev–Trinajstić information content (AvgIpc) is 3.22. The standard InChI is InChI=1S/C48H76NO10P/c1-3-5-7-9-11-13-15-17-19-21-22-24-25-27-29-31-33-35-37-39-46(51)49-45(48(53)54)43-59-60(55,56)58-42-44(50)41-57-47(52)40-38-36-34-32-30-28-26-23-20-18-16-14-12-10-8-6-4-2/h5-8,11-14,17-20,22,24,27,29,33,35,44-45,50H,3-4,9-10,15-16,21,23,25-26,28,30-32,34,36-43H2,1-2H3,(H,49,51)(H,53,54)(H,55,56)/b7-5-,8-6-,13-11-,14-12-,19-17-,20-18-,24-22-,29-27-,35-33-. The molecule has 4 N–H and O–H groups in total. The summed E-state index contributed by atoms with van der Waals surface area (Å²) >= 11 is 0. The van der Waals surface area contributed by atoms with Gasteiger partial charge in [0.25, 0.3) is 0 Å². The van der Waals surface area contributed by atoms with Crippen molar-refractivity contribution >= 4 is 25.7 Å². The van der Waals surface area contributed by atoms with Crippen LogP contribution in [0.5, 0.6) is 0 Å². The minimum absolute atomic E-state index is 0.0131. The van der Waals surface area contributed by atoms with Crippen LogP contribution >= 0.6 is 7.82 Å². The molecule has 0 aliphatic heterocycles. The Morgan fingerprint density at radius 3 is 1.40 bits per heavy atom. The van der Waals surface area contributed by atoms with Gasteiger partial charge in [0.1, 0.15) is 12.7 Å². The first-order valence-corrected chi connectivity index (χ1v) is 23.4. The van der Waals surface area contributed by atoms with E-state index in [1.54, 1.807) is 0 Å². The first kappa shape index (κ1) is 56.1. The third-order valence-corrected chi connectivity index (χ3v) is 9.52. The summed E-state index contributed by atoms with van der Waals surface area (Å²) in [4.78, 5) is 45.9. The summed E-state index contributed by atoms with van der Waals surface area (Å²) in [6.45, 7) is 2.28. The number of phosphoric acid groups is 1. The van der Waals surface area contributed by atoms with Crippen LogP contribution in [0.1, 0.15) is 142 Å². The van der Waals surface area contributed by atoms with E-state index >= 15 is 0 Å². The fourth-order valence-electron chi connectivity index (χ4n) is 5.23. The van der Waals surface area contributed by atoms with Crippen LogP contribution in [0.4, 0.5) is 0 Å². The zero-order chi connectivity index (χ0) is 44.2. The molecule has 338 valence electrons. The maximum Gasteiger partial charge on any atom is 0.472 e. The van der Waals surface area contributed by atoms with Crippen molar-refractivity contribution in [1.82, 2.24) is 5.32 Å². The topological polar surface area (TPSA) is 169 Å². The highest BCUT2D eigenvalue weighted by Gasteiger charge is 2.28. The molecule has 0 rings (SSSR count). The van der Waals surface area contributed by atoms with Crippen LogP contribution in [0.3, 0.4) is 0 Å². The van der Waals surface area contributed by atoms with Crippen LogP contribution in [-0.2, 0) is 32.7 Å². The molecule has 3 atom stereocenters. The number of carboxylic acid groups (broad SMARTS) is 1. The van der Waals surface area contributed by atoms with Crippen molar-refractivity contribution in [1.29, 1.82) is 0 Å². The maximum absolute atomic E-state index is 12.3. The number of phosphoric ester groups is 1. The van der Waals surface area contributed by atoms with Crippen LogP contribution < -0.4 is 5.32 Å². The smallest absolute Gasteiger partial charge is 0.472 e. The number of carbonyl (C=O) groups is 3. The van der Waals surface area contributed by atoms with Crippen molar-refractivity contribution < 1.29 is 47.8 Å². The largest absolute Gasteiger partial charge is 0.480 e. The second kappa shape index (κ2) is 41.9. The number of allylic oxidation sites excluding steroid dienone is 18. The molecule has 0 saturated heterocycles. The number of aliphatic carboxylic acids is 1. The third kappa shape index (κ3) is 40.9. The van der Waals surface area contributed by atoms with Gasteiger partial charge in [-0.05, 0) is 83.5 Å². The predicted molar refractivity (Wildman–Crippen MR) is 244 cm³/mol. The van der Waals surface area contributed by atoms with Crippen LogP contribution in [-0.4, -0.2) is 64.9 Å². The van der Waals surface area contributed by atoms with Gasteiger partial charge in [-0.3, -0.25) is 18.6 Å². The van der Waals surface area contributed by atoms with Gasteiger partial charge in [-0.25, -0.2) is 9.36 Å². The number of ether oxygens (including phenoxy) is 1. The van der Waals surface area contributed by atoms with Gasteiger partial charge in [-0.2, -0.15) is 0 Å². The number of rotatable bonds is 39. The first-order chi connectivity index (χ1) is 29.1. The van der Waals surface area contributed by atoms with Crippen LogP contribution in [0.25, 0.3) is 0 Å². The van der Waals surface area contributed by atoms with E-state index in [0.717, 1.165) is 83.5 Å². The summed E-state index contributed by atoms with van der Waals surface area (Å²) in [6.07, 6.45) is 54.1. The number of esters is 1. The fourth-order valence-corrected chi connectivity index (χ4v) is 6.01. The van der Waals surface area contributed by atoms with Gasteiger partial charge in [0.15, 0.2) is 6.04 Å². The second-order valence-electron chi connectivity index (χ2n) is 14.1. The van der Waals surface area contributed by atoms with Crippen molar-refractivity contribution in [3.63, 3.8) is 0 Å². The molecule has 0 bridgehead atoms. The molecule has 0 aromatic heterocycles. The van der Waals surface area contributed by atoms with Gasteiger partial charge >= 0.3 is 19.8 Å². The Bertz CT molecular complexity index is 1430. The Kier molecular flexibility index (Phi) is 39.2. The summed E-state index contributed by atoms with van der Waals surface area (Å²) < 4.78 is 26.8. The molecule has 12 heteroatoms. The van der Waals surface area contributed by atoms with Gasteiger partial charge < -0.3 is 25.2 Å². The lowest BCUT2D eigenvalue weighted by molar-refractivity contribution is -0.147. The molecular formula is C48H76NO10P. The number of carboxylic acids is 1. The Hall–Kier alpha value is -3.86. The number of amides is 1. The highest BCUT2D eigenvalue weighted by molar-refractivity contribution is 7.47. The number of unbranched alkanes of at least 4 members (excludes halogenated alkanes) is 7. The van der Waals surface area contributed by atoms with Gasteiger partial charge in [-0.15, -0.1) is 0 Å². The Balaban J connectivity index is 4.04. The lowest BCUT2D eigenvalue weighted by atomic mass is 10.1. The molecule has 0 heterocycles. The zero-order valence-electron chi connectivity index (χ0n) is 36.5. The van der Waals surface area contributed by atoms with Crippen molar-refractivity contribution in [2.24, 2.45) is 0 Å². The Morgan fingerprint density at radius 1 is 0.533 bits per heavy atom. The quantitative estimate of drug-likeness (QED) is 0.0202. The molecule has 0 saturated carbocycles. The summed E-state index contributed by atoms with van der Waals surface area (Å²) in [7, 11) is -4.79. The molecule has 11 nitrogen and oxygen atoms in total. The fraction of sp³-hybridized carbons (Fsp3) is 0.562. The van der Waals surface area contributed by atoms with E-state index in [4.69, 9.17) is 13.8 Å². The lowest BCUT2D eigenvalue weighted by Gasteiger charge is -2.18. The number of hydrogen-bond donors (Lipinski definition) is 4. The SMILES string of the molecule is CC/C=C\C/C=C\C/C=C\C/C=C\C/C=C\C/C=C\CCC(=O)NC(COP(=O)(O)OCC(O)COC(=O)CCCCCCCCC/C=C\C/C=C\C/C=C\CC)C(=O)O. The van der Waals surface area contributed by atoms with Gasteiger partial charge in [-0.1, -0.05) is 155 Å². The molecule has 1 amide bonds. The highest BCUT2D eigenvalue weighted by atomic mass is 31.2. The highest BCUT2D eigenvalue weighted by Crippen LogP contribution is 2.43. The molecule has 0 aromatic carbocycles. The molecule has 0 spiro atoms. The van der Waals surface area contributed by atoms with Crippen molar-refractivity contribution in [2.45, 2.75) is 154 Å². The van der Waals surface area contributed by atoms with E-state index in [9.17, 15) is 34.1 Å². The molecule has 0 aromatic rings. The number of aliphatic hydroxyl groups is 1. The summed E-state index contributed by atoms with van der Waals surface area (Å²) in [5.74, 6) is -2.52. The average molecular weight is 858 g/mol. The minimum atomic E-state index is -4.79. The van der Waals surface area contributed by atoms with E-state index in [1.807, 2.05) is 18.2 Å². The molecule has 60 heavy (non-hydrogen) atoms. The Morgan fingerprint density at radius 2 is 0.933 bits per heavy atom. The first-order valence-electron chi connectivity index (χ1n) is 21.9. The molecule has 0 fully saturated rings. The summed E-state index contributed by atoms with van der Waals surface area (Å²) in [5, 5.41) is 21.8. The molecule has 0 aliphatic rings. The number of hydrogen-bond acceptors (Lipinski definition) is 8. The predicted octanol–water partition coefficient (Wildman–Crippen LogP) is 11.4. The maximum atomic E-state index is 12.3. The van der Waals surface area contributed by atoms with Crippen molar-refractivity contribution in [3.8, 4) is 0 Å². The third-order valence-electron chi connectivity index (χ3n) is 8.57. The van der Waals surface area contributed by atoms with E-state index < -0.39 is 57.6 Å². The van der Waals surface area contributed by atoms with E-state index in [-0.39, 0.29) is 12.8 Å². The van der Waals surface area contributed by atoms with E-state index in [0.29, 0.717) is 19.3 Å². The molecule has 3 unspecified atom stereocenters. The lowest BCUT2D eigenvalue weighted by Crippen LogP contribution is -2.43. The summed E-state index contributed by atoms with van der Waals surface area (Å²) in [6, 6.07) is -1.60.